The first-order chi connectivity index (χ1) is 11.2. The van der Waals surface area contributed by atoms with Crippen LogP contribution in [0.4, 0.5) is 9.18 Å². The minimum absolute atomic E-state index is 0.0400. The SMILES string of the molecule is CCOc1ccc(F)cc1[C@@H]1CCN(C(=O)OC(C)(C)C)CC1=O. The zero-order valence-electron chi connectivity index (χ0n) is 14.6. The number of likely N-dealkylation sites (tertiary alicyclic amines) is 1. The van der Waals surface area contributed by atoms with E-state index in [4.69, 9.17) is 9.47 Å². The van der Waals surface area contributed by atoms with Crippen LogP contribution < -0.4 is 4.74 Å². The summed E-state index contributed by atoms with van der Waals surface area (Å²) in [5.41, 5.74) is -0.0625. The molecule has 1 atom stereocenters. The van der Waals surface area contributed by atoms with Crippen LogP contribution in [0.2, 0.25) is 0 Å². The molecule has 1 fully saturated rings. The number of ketones is 1. The molecule has 1 saturated heterocycles. The van der Waals surface area contributed by atoms with E-state index in [0.717, 1.165) is 0 Å². The fourth-order valence-electron chi connectivity index (χ4n) is 2.71. The van der Waals surface area contributed by atoms with E-state index in [0.29, 0.717) is 30.9 Å². The summed E-state index contributed by atoms with van der Waals surface area (Å²) in [6.07, 6.45) is -0.0831. The number of ether oxygens (including phenoxy) is 2. The summed E-state index contributed by atoms with van der Waals surface area (Å²) in [6, 6.07) is 4.20. The van der Waals surface area contributed by atoms with Gasteiger partial charge in [0.05, 0.1) is 13.2 Å². The normalized spacial score (nSPS) is 18.5. The monoisotopic (exact) mass is 337 g/mol. The quantitative estimate of drug-likeness (QED) is 0.847. The number of halogens is 1. The zero-order valence-corrected chi connectivity index (χ0v) is 14.6. The molecule has 0 bridgehead atoms. The van der Waals surface area contributed by atoms with Crippen molar-refractivity contribution in [2.75, 3.05) is 19.7 Å². The molecular weight excluding hydrogens is 313 g/mol. The summed E-state index contributed by atoms with van der Waals surface area (Å²) in [7, 11) is 0. The lowest BCUT2D eigenvalue weighted by atomic mass is 9.87. The van der Waals surface area contributed by atoms with Gasteiger partial charge in [0.15, 0.2) is 5.78 Å². The highest BCUT2D eigenvalue weighted by atomic mass is 19.1. The van der Waals surface area contributed by atoms with Gasteiger partial charge in [-0.15, -0.1) is 0 Å². The summed E-state index contributed by atoms with van der Waals surface area (Å²) >= 11 is 0. The van der Waals surface area contributed by atoms with Crippen LogP contribution in [0.5, 0.6) is 5.75 Å². The van der Waals surface area contributed by atoms with E-state index in [1.54, 1.807) is 26.8 Å². The first-order valence-electron chi connectivity index (χ1n) is 8.14. The lowest BCUT2D eigenvalue weighted by Gasteiger charge is -2.33. The molecule has 0 aromatic heterocycles. The number of carbonyl (C=O) groups is 2. The van der Waals surface area contributed by atoms with E-state index in [-0.39, 0.29) is 12.3 Å². The molecule has 0 spiro atoms. The van der Waals surface area contributed by atoms with Gasteiger partial charge in [0.2, 0.25) is 0 Å². The fourth-order valence-corrected chi connectivity index (χ4v) is 2.71. The molecule has 1 heterocycles. The van der Waals surface area contributed by atoms with Crippen LogP contribution in [0.3, 0.4) is 0 Å². The number of amides is 1. The number of hydrogen-bond acceptors (Lipinski definition) is 4. The Morgan fingerprint density at radius 1 is 1.38 bits per heavy atom. The van der Waals surface area contributed by atoms with Gasteiger partial charge in [-0.3, -0.25) is 4.79 Å². The maximum absolute atomic E-state index is 13.6. The largest absolute Gasteiger partial charge is 0.494 e. The van der Waals surface area contributed by atoms with Crippen LogP contribution in [-0.4, -0.2) is 42.1 Å². The Morgan fingerprint density at radius 2 is 2.08 bits per heavy atom. The van der Waals surface area contributed by atoms with Crippen molar-refractivity contribution in [3.8, 4) is 5.75 Å². The van der Waals surface area contributed by atoms with Crippen LogP contribution in [0.15, 0.2) is 18.2 Å². The topological polar surface area (TPSA) is 55.8 Å². The molecule has 0 aliphatic carbocycles. The molecule has 1 aromatic carbocycles. The summed E-state index contributed by atoms with van der Waals surface area (Å²) in [5.74, 6) is -0.501. The molecule has 1 aliphatic rings. The molecular formula is C18H24FNO4. The molecule has 6 heteroatoms. The van der Waals surface area contributed by atoms with Crippen molar-refractivity contribution < 1.29 is 23.5 Å². The maximum atomic E-state index is 13.6. The highest BCUT2D eigenvalue weighted by Crippen LogP contribution is 2.33. The Labute approximate surface area is 141 Å². The van der Waals surface area contributed by atoms with Crippen LogP contribution in [0.1, 0.15) is 45.6 Å². The van der Waals surface area contributed by atoms with Gasteiger partial charge in [-0.1, -0.05) is 0 Å². The molecule has 0 unspecified atom stereocenters. The Bertz CT molecular complexity index is 624. The number of benzene rings is 1. The van der Waals surface area contributed by atoms with Gasteiger partial charge < -0.3 is 14.4 Å². The molecule has 2 rings (SSSR count). The third kappa shape index (κ3) is 4.46. The number of Topliss-reactive ketones (excluding diaryl/α,β-unsaturated/α-hetero) is 1. The average Bonchev–Trinajstić information content (AvgIpc) is 2.47. The number of carbonyl (C=O) groups excluding carboxylic acids is 2. The molecule has 132 valence electrons. The third-order valence-corrected chi connectivity index (χ3v) is 3.72. The number of hydrogen-bond donors (Lipinski definition) is 0. The van der Waals surface area contributed by atoms with E-state index < -0.39 is 23.4 Å². The van der Waals surface area contributed by atoms with Gasteiger partial charge in [-0.05, 0) is 52.3 Å². The van der Waals surface area contributed by atoms with Crippen molar-refractivity contribution in [3.05, 3.63) is 29.6 Å². The predicted molar refractivity (Wildman–Crippen MR) is 87.7 cm³/mol. The summed E-state index contributed by atoms with van der Waals surface area (Å²) < 4.78 is 24.4. The van der Waals surface area contributed by atoms with Crippen molar-refractivity contribution in [2.45, 2.75) is 45.6 Å². The van der Waals surface area contributed by atoms with Gasteiger partial charge in [-0.25, -0.2) is 9.18 Å². The smallest absolute Gasteiger partial charge is 0.410 e. The van der Waals surface area contributed by atoms with Gasteiger partial charge >= 0.3 is 6.09 Å². The minimum Gasteiger partial charge on any atom is -0.494 e. The van der Waals surface area contributed by atoms with Crippen LogP contribution in [0.25, 0.3) is 0 Å². The van der Waals surface area contributed by atoms with Gasteiger partial charge in [0, 0.05) is 18.0 Å². The van der Waals surface area contributed by atoms with Crippen molar-refractivity contribution in [1.82, 2.24) is 4.90 Å². The van der Waals surface area contributed by atoms with Crippen LogP contribution in [0, 0.1) is 5.82 Å². The highest BCUT2D eigenvalue weighted by Gasteiger charge is 2.34. The van der Waals surface area contributed by atoms with Crippen molar-refractivity contribution in [1.29, 1.82) is 0 Å². The predicted octanol–water partition coefficient (Wildman–Crippen LogP) is 3.52. The molecule has 5 nitrogen and oxygen atoms in total. The number of piperidine rings is 1. The second-order valence-corrected chi connectivity index (χ2v) is 6.82. The van der Waals surface area contributed by atoms with Crippen LogP contribution in [-0.2, 0) is 9.53 Å². The fraction of sp³-hybridized carbons (Fsp3) is 0.556. The first kappa shape index (κ1) is 18.2. The van der Waals surface area contributed by atoms with Crippen molar-refractivity contribution in [3.63, 3.8) is 0 Å². The molecule has 24 heavy (non-hydrogen) atoms. The lowest BCUT2D eigenvalue weighted by Crippen LogP contribution is -2.45. The maximum Gasteiger partial charge on any atom is 0.410 e. The molecule has 0 saturated carbocycles. The molecule has 0 N–H and O–H groups in total. The standard InChI is InChI=1S/C18H24FNO4/c1-5-23-16-7-6-12(19)10-14(16)13-8-9-20(11-15(13)21)17(22)24-18(2,3)4/h6-7,10,13H,5,8-9,11H2,1-4H3/t13-/m0/s1. The van der Waals surface area contributed by atoms with E-state index in [1.165, 1.54) is 17.0 Å². The lowest BCUT2D eigenvalue weighted by molar-refractivity contribution is -0.123. The number of rotatable bonds is 3. The Morgan fingerprint density at radius 3 is 2.67 bits per heavy atom. The third-order valence-electron chi connectivity index (χ3n) is 3.72. The summed E-state index contributed by atoms with van der Waals surface area (Å²) in [6.45, 7) is 7.94. The van der Waals surface area contributed by atoms with Crippen molar-refractivity contribution in [2.24, 2.45) is 0 Å². The summed E-state index contributed by atoms with van der Waals surface area (Å²) in [5, 5.41) is 0. The van der Waals surface area contributed by atoms with Crippen LogP contribution >= 0.6 is 0 Å². The van der Waals surface area contributed by atoms with E-state index >= 15 is 0 Å². The highest BCUT2D eigenvalue weighted by molar-refractivity contribution is 5.91. The number of nitrogens with zero attached hydrogens (tertiary/aromatic N) is 1. The Kier molecular flexibility index (Phi) is 5.47. The average molecular weight is 337 g/mol. The second-order valence-electron chi connectivity index (χ2n) is 6.82. The first-order valence-corrected chi connectivity index (χ1v) is 8.14. The van der Waals surface area contributed by atoms with E-state index in [1.807, 2.05) is 6.92 Å². The zero-order chi connectivity index (χ0) is 17.9. The Balaban J connectivity index is 2.13. The molecule has 1 aromatic rings. The van der Waals surface area contributed by atoms with Gasteiger partial charge in [0.25, 0.3) is 0 Å². The second kappa shape index (κ2) is 7.20. The summed E-state index contributed by atoms with van der Waals surface area (Å²) in [4.78, 5) is 26.0. The molecule has 1 amide bonds. The molecule has 1 aliphatic heterocycles. The Hall–Kier alpha value is -2.11. The van der Waals surface area contributed by atoms with E-state index in [9.17, 15) is 14.0 Å². The van der Waals surface area contributed by atoms with Gasteiger partial charge in [0.1, 0.15) is 17.2 Å². The van der Waals surface area contributed by atoms with Gasteiger partial charge in [-0.2, -0.15) is 0 Å². The molecule has 0 radical (unpaired) electrons. The van der Waals surface area contributed by atoms with E-state index in [2.05, 4.69) is 0 Å². The minimum atomic E-state index is -0.609. The van der Waals surface area contributed by atoms with Crippen molar-refractivity contribution >= 4 is 11.9 Å².